The lowest BCUT2D eigenvalue weighted by molar-refractivity contribution is -0.131. The fraction of sp³-hybridized carbons (Fsp3) is 0.263. The van der Waals surface area contributed by atoms with E-state index in [0.29, 0.717) is 0 Å². The molecule has 0 bridgehead atoms. The minimum atomic E-state index is -0.763. The van der Waals surface area contributed by atoms with Crippen LogP contribution in [0.4, 0.5) is 8.78 Å². The Morgan fingerprint density at radius 2 is 1.60 bits per heavy atom. The lowest BCUT2D eigenvalue weighted by Crippen LogP contribution is -2.45. The number of halogens is 2. The molecule has 2 aromatic rings. The molecule has 0 aliphatic rings. The van der Waals surface area contributed by atoms with Crippen molar-refractivity contribution in [2.45, 2.75) is 32.4 Å². The van der Waals surface area contributed by atoms with Gasteiger partial charge in [0.05, 0.1) is 12.5 Å². The molecule has 2 amide bonds. The minimum absolute atomic E-state index is 0.0747. The van der Waals surface area contributed by atoms with E-state index in [4.69, 9.17) is 0 Å². The highest BCUT2D eigenvalue weighted by Crippen LogP contribution is 2.12. The summed E-state index contributed by atoms with van der Waals surface area (Å²) in [4.78, 5) is 24.0. The maximum absolute atomic E-state index is 13.1. The van der Waals surface area contributed by atoms with Gasteiger partial charge in [-0.1, -0.05) is 30.3 Å². The van der Waals surface area contributed by atoms with Crippen LogP contribution in [0.25, 0.3) is 0 Å². The van der Waals surface area contributed by atoms with Gasteiger partial charge in [-0.05, 0) is 37.1 Å². The second-order valence-corrected chi connectivity index (χ2v) is 5.89. The molecule has 0 radical (unpaired) electrons. The number of amides is 2. The maximum atomic E-state index is 13.1. The molecule has 2 aromatic carbocycles. The highest BCUT2D eigenvalue weighted by molar-refractivity contribution is 5.98. The number of imide groups is 1. The van der Waals surface area contributed by atoms with Crippen LogP contribution in [0.3, 0.4) is 0 Å². The van der Waals surface area contributed by atoms with Crippen molar-refractivity contribution in [1.29, 1.82) is 0 Å². The second-order valence-electron chi connectivity index (χ2n) is 5.89. The van der Waals surface area contributed by atoms with Crippen LogP contribution in [0.1, 0.15) is 31.0 Å². The Hall–Kier alpha value is -2.60. The third-order valence-electron chi connectivity index (χ3n) is 3.74. The fourth-order valence-corrected chi connectivity index (χ4v) is 2.48. The summed E-state index contributed by atoms with van der Waals surface area (Å²) < 4.78 is 26.3. The van der Waals surface area contributed by atoms with Gasteiger partial charge in [0.1, 0.15) is 11.6 Å². The Balaban J connectivity index is 1.88. The van der Waals surface area contributed by atoms with Gasteiger partial charge in [0.15, 0.2) is 0 Å². The lowest BCUT2D eigenvalue weighted by atomic mass is 10.1. The first-order valence-electron chi connectivity index (χ1n) is 7.95. The average molecular weight is 346 g/mol. The first-order valence-corrected chi connectivity index (χ1v) is 7.95. The van der Waals surface area contributed by atoms with E-state index in [-0.39, 0.29) is 18.0 Å². The molecule has 4 nitrogen and oxygen atoms in total. The van der Waals surface area contributed by atoms with Crippen LogP contribution in [0.2, 0.25) is 0 Å². The number of rotatable bonds is 6. The number of carbonyl (C=O) groups is 2. The van der Waals surface area contributed by atoms with Crippen molar-refractivity contribution in [2.24, 2.45) is 0 Å². The van der Waals surface area contributed by atoms with Crippen LogP contribution < -0.4 is 10.6 Å². The zero-order valence-electron chi connectivity index (χ0n) is 14.1. The Morgan fingerprint density at radius 3 is 2.20 bits per heavy atom. The zero-order chi connectivity index (χ0) is 18.4. The summed E-state index contributed by atoms with van der Waals surface area (Å²) >= 11 is 0. The molecule has 0 saturated carbocycles. The van der Waals surface area contributed by atoms with Gasteiger partial charge < -0.3 is 0 Å². The molecule has 0 aliphatic carbocycles. The summed E-state index contributed by atoms with van der Waals surface area (Å²) in [6, 6.07) is 11.7. The number of benzene rings is 2. The highest BCUT2D eigenvalue weighted by Gasteiger charge is 2.18. The maximum Gasteiger partial charge on any atom is 0.243 e. The first-order chi connectivity index (χ1) is 11.8. The van der Waals surface area contributed by atoms with E-state index in [1.54, 1.807) is 6.92 Å². The summed E-state index contributed by atoms with van der Waals surface area (Å²) in [6.45, 7) is 3.56. The summed E-state index contributed by atoms with van der Waals surface area (Å²) in [5.41, 5.74) is 1.18. The van der Waals surface area contributed by atoms with E-state index in [1.807, 2.05) is 37.3 Å². The van der Waals surface area contributed by atoms with E-state index in [1.165, 1.54) is 0 Å². The van der Waals surface area contributed by atoms with Gasteiger partial charge in [-0.3, -0.25) is 20.2 Å². The van der Waals surface area contributed by atoms with E-state index in [2.05, 4.69) is 10.6 Å². The van der Waals surface area contributed by atoms with E-state index >= 15 is 0 Å². The molecular formula is C19H20F2N2O2. The molecular weight excluding hydrogens is 326 g/mol. The topological polar surface area (TPSA) is 58.2 Å². The summed E-state index contributed by atoms with van der Waals surface area (Å²) in [5, 5.41) is 5.34. The SMILES string of the molecule is CC(N[C@@H](C)C(=O)NC(=O)Cc1cc(F)cc(F)c1)c1ccccc1. The third-order valence-corrected chi connectivity index (χ3v) is 3.74. The zero-order valence-corrected chi connectivity index (χ0v) is 14.1. The molecule has 2 N–H and O–H groups in total. The smallest absolute Gasteiger partial charge is 0.243 e. The van der Waals surface area contributed by atoms with E-state index < -0.39 is 29.5 Å². The predicted molar refractivity (Wildman–Crippen MR) is 90.7 cm³/mol. The number of nitrogens with one attached hydrogen (secondary N) is 2. The molecule has 0 aromatic heterocycles. The number of hydrogen-bond acceptors (Lipinski definition) is 3. The van der Waals surface area contributed by atoms with Crippen molar-refractivity contribution in [3.8, 4) is 0 Å². The molecule has 0 fully saturated rings. The number of carbonyl (C=O) groups excluding carboxylic acids is 2. The van der Waals surface area contributed by atoms with Crippen LogP contribution in [0.15, 0.2) is 48.5 Å². The van der Waals surface area contributed by atoms with Crippen molar-refractivity contribution >= 4 is 11.8 Å². The minimum Gasteiger partial charge on any atom is -0.299 e. The summed E-state index contributed by atoms with van der Waals surface area (Å²) in [5.74, 6) is -2.64. The fourth-order valence-electron chi connectivity index (χ4n) is 2.48. The predicted octanol–water partition coefficient (Wildman–Crippen LogP) is 2.89. The third kappa shape index (κ3) is 5.76. The van der Waals surface area contributed by atoms with Crippen molar-refractivity contribution in [2.75, 3.05) is 0 Å². The largest absolute Gasteiger partial charge is 0.299 e. The van der Waals surface area contributed by atoms with Crippen LogP contribution in [0, 0.1) is 11.6 Å². The van der Waals surface area contributed by atoms with Crippen molar-refractivity contribution in [3.63, 3.8) is 0 Å². The molecule has 25 heavy (non-hydrogen) atoms. The van der Waals surface area contributed by atoms with E-state index in [9.17, 15) is 18.4 Å². The van der Waals surface area contributed by atoms with Crippen molar-refractivity contribution in [1.82, 2.24) is 10.6 Å². The Bertz CT molecular complexity index is 730. The van der Waals surface area contributed by atoms with E-state index in [0.717, 1.165) is 23.8 Å². The molecule has 2 rings (SSSR count). The highest BCUT2D eigenvalue weighted by atomic mass is 19.1. The van der Waals surface area contributed by atoms with Gasteiger partial charge in [-0.2, -0.15) is 0 Å². The van der Waals surface area contributed by atoms with Crippen LogP contribution in [-0.2, 0) is 16.0 Å². The van der Waals surface area contributed by atoms with Crippen LogP contribution in [-0.4, -0.2) is 17.9 Å². The summed E-state index contributed by atoms with van der Waals surface area (Å²) in [7, 11) is 0. The monoisotopic (exact) mass is 346 g/mol. The van der Waals surface area contributed by atoms with Gasteiger partial charge in [0.25, 0.3) is 0 Å². The standard InChI is InChI=1S/C19H20F2N2O2/c1-12(15-6-4-3-5-7-15)22-13(2)19(25)23-18(24)10-14-8-16(20)11-17(21)9-14/h3-9,11-13,22H,10H2,1-2H3,(H,23,24,25)/t12?,13-/m0/s1. The Kier molecular flexibility index (Phi) is 6.36. The molecule has 0 heterocycles. The molecule has 0 aliphatic heterocycles. The Labute approximate surface area is 145 Å². The molecule has 1 unspecified atom stereocenters. The van der Waals surface area contributed by atoms with Crippen LogP contribution >= 0.6 is 0 Å². The van der Waals surface area contributed by atoms with Gasteiger partial charge in [0.2, 0.25) is 11.8 Å². The molecule has 0 spiro atoms. The summed E-state index contributed by atoms with van der Waals surface area (Å²) in [6.07, 6.45) is -0.276. The Morgan fingerprint density at radius 1 is 1.00 bits per heavy atom. The first kappa shape index (κ1) is 18.7. The van der Waals surface area contributed by atoms with Gasteiger partial charge in [-0.15, -0.1) is 0 Å². The number of hydrogen-bond donors (Lipinski definition) is 2. The molecule has 6 heteroatoms. The lowest BCUT2D eigenvalue weighted by Gasteiger charge is -2.19. The van der Waals surface area contributed by atoms with Crippen molar-refractivity contribution in [3.05, 3.63) is 71.3 Å². The quantitative estimate of drug-likeness (QED) is 0.846. The molecule has 132 valence electrons. The average Bonchev–Trinajstić information content (AvgIpc) is 2.54. The molecule has 0 saturated heterocycles. The normalized spacial score (nSPS) is 13.1. The van der Waals surface area contributed by atoms with Gasteiger partial charge >= 0.3 is 0 Å². The van der Waals surface area contributed by atoms with Gasteiger partial charge in [-0.25, -0.2) is 8.78 Å². The van der Waals surface area contributed by atoms with Crippen LogP contribution in [0.5, 0.6) is 0 Å². The van der Waals surface area contributed by atoms with Gasteiger partial charge in [0, 0.05) is 12.1 Å². The van der Waals surface area contributed by atoms with Crippen molar-refractivity contribution < 1.29 is 18.4 Å². The second kappa shape index (κ2) is 8.48. The molecule has 2 atom stereocenters.